The molecule has 0 fully saturated rings. The number of anilines is 1. The number of hydrogen-bond acceptors (Lipinski definition) is 4. The van der Waals surface area contributed by atoms with Gasteiger partial charge < -0.3 is 5.32 Å². The lowest BCUT2D eigenvalue weighted by molar-refractivity contribution is 1.01. The number of aromatic nitrogens is 2. The summed E-state index contributed by atoms with van der Waals surface area (Å²) in [6.07, 6.45) is 3.43. The van der Waals surface area contributed by atoms with Crippen LogP contribution in [0.5, 0.6) is 0 Å². The smallest absolute Gasteiger partial charge is 0.140 e. The van der Waals surface area contributed by atoms with Gasteiger partial charge in [0, 0.05) is 6.20 Å². The summed E-state index contributed by atoms with van der Waals surface area (Å²) in [7, 11) is 0. The van der Waals surface area contributed by atoms with Gasteiger partial charge in [-0.1, -0.05) is 6.07 Å². The van der Waals surface area contributed by atoms with Crippen LogP contribution in [0.3, 0.4) is 0 Å². The first-order valence-corrected chi connectivity index (χ1v) is 5.30. The monoisotopic (exact) mass is 224 g/mol. The zero-order valence-corrected chi connectivity index (χ0v) is 9.51. The fourth-order valence-electron chi connectivity index (χ4n) is 1.45. The van der Waals surface area contributed by atoms with E-state index in [1.165, 1.54) is 0 Å². The molecule has 0 saturated carbocycles. The van der Waals surface area contributed by atoms with E-state index in [1.54, 1.807) is 18.5 Å². The molecule has 2 aromatic rings. The van der Waals surface area contributed by atoms with Gasteiger partial charge in [0.1, 0.15) is 11.8 Å². The van der Waals surface area contributed by atoms with E-state index < -0.39 is 0 Å². The normalized spacial score (nSPS) is 9.65. The van der Waals surface area contributed by atoms with E-state index in [-0.39, 0.29) is 0 Å². The minimum absolute atomic E-state index is 0.421. The Hall–Kier alpha value is -2.41. The van der Waals surface area contributed by atoms with Crippen molar-refractivity contribution in [2.24, 2.45) is 0 Å². The Balaban J connectivity index is 2.03. The molecule has 84 valence electrons. The summed E-state index contributed by atoms with van der Waals surface area (Å²) in [6, 6.07) is 9.46. The van der Waals surface area contributed by atoms with E-state index in [1.807, 2.05) is 31.2 Å². The van der Waals surface area contributed by atoms with Crippen LogP contribution < -0.4 is 5.32 Å². The van der Waals surface area contributed by atoms with Gasteiger partial charge in [-0.25, -0.2) is 4.98 Å². The predicted molar refractivity (Wildman–Crippen MR) is 65.3 cm³/mol. The zero-order valence-electron chi connectivity index (χ0n) is 9.51. The lowest BCUT2D eigenvalue weighted by Gasteiger charge is -2.07. The summed E-state index contributed by atoms with van der Waals surface area (Å²) in [4.78, 5) is 8.28. The highest BCUT2D eigenvalue weighted by Gasteiger charge is 1.99. The summed E-state index contributed by atoms with van der Waals surface area (Å²) in [5, 5.41) is 11.8. The third-order valence-corrected chi connectivity index (χ3v) is 2.46. The Kier molecular flexibility index (Phi) is 3.31. The number of pyridine rings is 2. The molecule has 0 aliphatic heterocycles. The molecule has 4 heteroatoms. The molecular formula is C13H12N4. The highest BCUT2D eigenvalue weighted by atomic mass is 14.9. The van der Waals surface area contributed by atoms with E-state index in [4.69, 9.17) is 5.26 Å². The third-order valence-electron chi connectivity index (χ3n) is 2.46. The van der Waals surface area contributed by atoms with Crippen molar-refractivity contribution in [2.45, 2.75) is 13.5 Å². The maximum absolute atomic E-state index is 8.63. The molecule has 1 N–H and O–H groups in total. The van der Waals surface area contributed by atoms with Crippen LogP contribution in [0.2, 0.25) is 0 Å². The molecule has 2 aromatic heterocycles. The van der Waals surface area contributed by atoms with E-state index in [9.17, 15) is 0 Å². The SMILES string of the molecule is Cc1cccnc1CNc1ccc(C#N)nc1. The van der Waals surface area contributed by atoms with Crippen molar-refractivity contribution in [3.63, 3.8) is 0 Å². The van der Waals surface area contributed by atoms with Crippen molar-refractivity contribution < 1.29 is 0 Å². The first-order chi connectivity index (χ1) is 8.29. The minimum atomic E-state index is 0.421. The molecule has 0 unspecified atom stereocenters. The Bertz CT molecular complexity index is 540. The van der Waals surface area contributed by atoms with Crippen LogP contribution in [0.1, 0.15) is 17.0 Å². The molecular weight excluding hydrogens is 212 g/mol. The van der Waals surface area contributed by atoms with Gasteiger partial charge in [-0.2, -0.15) is 5.26 Å². The first-order valence-electron chi connectivity index (χ1n) is 5.30. The van der Waals surface area contributed by atoms with Crippen molar-refractivity contribution in [3.8, 4) is 6.07 Å². The number of aryl methyl sites for hydroxylation is 1. The highest BCUT2D eigenvalue weighted by molar-refractivity contribution is 5.43. The number of hydrogen-bond donors (Lipinski definition) is 1. The van der Waals surface area contributed by atoms with Crippen LogP contribution in [0.15, 0.2) is 36.7 Å². The second-order valence-corrected chi connectivity index (χ2v) is 3.66. The Morgan fingerprint density at radius 3 is 2.82 bits per heavy atom. The van der Waals surface area contributed by atoms with Crippen molar-refractivity contribution in [1.82, 2.24) is 9.97 Å². The first kappa shape index (κ1) is 11.1. The van der Waals surface area contributed by atoms with Crippen LogP contribution in [0.25, 0.3) is 0 Å². The molecule has 0 aromatic carbocycles. The van der Waals surface area contributed by atoms with Crippen LogP contribution in [-0.4, -0.2) is 9.97 Å². The van der Waals surface area contributed by atoms with E-state index in [0.29, 0.717) is 12.2 Å². The van der Waals surface area contributed by atoms with Crippen LogP contribution >= 0.6 is 0 Å². The Morgan fingerprint density at radius 1 is 1.29 bits per heavy atom. The molecule has 0 aliphatic rings. The second-order valence-electron chi connectivity index (χ2n) is 3.66. The van der Waals surface area contributed by atoms with Gasteiger partial charge in [0.2, 0.25) is 0 Å². The number of nitrogens with one attached hydrogen (secondary N) is 1. The minimum Gasteiger partial charge on any atom is -0.378 e. The standard InChI is InChI=1S/C13H12N4/c1-10-3-2-6-15-13(10)9-17-12-5-4-11(7-14)16-8-12/h2-6,8,17H,9H2,1H3. The lowest BCUT2D eigenvalue weighted by atomic mass is 10.2. The molecule has 17 heavy (non-hydrogen) atoms. The molecule has 0 amide bonds. The summed E-state index contributed by atoms with van der Waals surface area (Å²) >= 11 is 0. The highest BCUT2D eigenvalue weighted by Crippen LogP contribution is 2.09. The van der Waals surface area contributed by atoms with Crippen LogP contribution in [-0.2, 0) is 6.54 Å². The molecule has 0 radical (unpaired) electrons. The largest absolute Gasteiger partial charge is 0.378 e. The average molecular weight is 224 g/mol. The predicted octanol–water partition coefficient (Wildman–Crippen LogP) is 2.27. The van der Waals surface area contributed by atoms with E-state index in [2.05, 4.69) is 15.3 Å². The van der Waals surface area contributed by atoms with Gasteiger partial charge in [-0.3, -0.25) is 4.98 Å². The molecule has 0 saturated heterocycles. The summed E-state index contributed by atoms with van der Waals surface area (Å²) in [5.74, 6) is 0. The van der Waals surface area contributed by atoms with Gasteiger partial charge in [0.25, 0.3) is 0 Å². The Morgan fingerprint density at radius 2 is 2.18 bits per heavy atom. The maximum Gasteiger partial charge on any atom is 0.140 e. The topological polar surface area (TPSA) is 61.6 Å². The van der Waals surface area contributed by atoms with Gasteiger partial charge in [0.15, 0.2) is 0 Å². The van der Waals surface area contributed by atoms with E-state index >= 15 is 0 Å². The molecule has 0 spiro atoms. The molecule has 0 aliphatic carbocycles. The van der Waals surface area contributed by atoms with Crippen LogP contribution in [0, 0.1) is 18.3 Å². The lowest BCUT2D eigenvalue weighted by Crippen LogP contribution is -2.03. The van der Waals surface area contributed by atoms with Crippen molar-refractivity contribution in [2.75, 3.05) is 5.32 Å². The Labute approximate surface area is 100.0 Å². The fraction of sp³-hybridized carbons (Fsp3) is 0.154. The zero-order chi connectivity index (χ0) is 12.1. The van der Waals surface area contributed by atoms with Gasteiger partial charge in [0.05, 0.1) is 24.1 Å². The quantitative estimate of drug-likeness (QED) is 0.868. The van der Waals surface area contributed by atoms with E-state index in [0.717, 1.165) is 16.9 Å². The molecule has 0 atom stereocenters. The number of nitriles is 1. The van der Waals surface area contributed by atoms with Crippen molar-refractivity contribution in [1.29, 1.82) is 5.26 Å². The third kappa shape index (κ3) is 2.79. The number of nitrogens with zero attached hydrogens (tertiary/aromatic N) is 3. The molecule has 2 heterocycles. The van der Waals surface area contributed by atoms with Crippen LogP contribution in [0.4, 0.5) is 5.69 Å². The molecule has 2 rings (SSSR count). The van der Waals surface area contributed by atoms with Gasteiger partial charge in [-0.05, 0) is 30.7 Å². The maximum atomic E-state index is 8.63. The van der Waals surface area contributed by atoms with Crippen molar-refractivity contribution in [3.05, 3.63) is 53.6 Å². The molecule has 4 nitrogen and oxygen atoms in total. The van der Waals surface area contributed by atoms with Crippen molar-refractivity contribution >= 4 is 5.69 Å². The summed E-state index contributed by atoms with van der Waals surface area (Å²) in [6.45, 7) is 2.68. The number of rotatable bonds is 3. The molecule has 0 bridgehead atoms. The second kappa shape index (κ2) is 5.08. The van der Waals surface area contributed by atoms with Gasteiger partial charge in [-0.15, -0.1) is 0 Å². The average Bonchev–Trinajstić information content (AvgIpc) is 2.38. The van der Waals surface area contributed by atoms with Gasteiger partial charge >= 0.3 is 0 Å². The summed E-state index contributed by atoms with van der Waals surface area (Å²) in [5.41, 5.74) is 3.47. The summed E-state index contributed by atoms with van der Waals surface area (Å²) < 4.78 is 0. The fourth-order valence-corrected chi connectivity index (χ4v) is 1.45.